The molecule has 1 N–H and O–H groups in total. The van der Waals surface area contributed by atoms with Crippen LogP contribution < -0.4 is 0 Å². The average Bonchev–Trinajstić information content (AvgIpc) is 2.75. The molecule has 0 spiro atoms. The third-order valence-electron chi connectivity index (χ3n) is 3.14. The van der Waals surface area contributed by atoms with E-state index >= 15 is 0 Å². The molecule has 1 aromatic rings. The van der Waals surface area contributed by atoms with Gasteiger partial charge in [0.05, 0.1) is 0 Å². The number of amides is 1. The van der Waals surface area contributed by atoms with Crippen molar-refractivity contribution in [2.24, 2.45) is 5.92 Å². The van der Waals surface area contributed by atoms with Crippen LogP contribution in [0.4, 0.5) is 0 Å². The summed E-state index contributed by atoms with van der Waals surface area (Å²) >= 11 is 0. The smallest absolute Gasteiger partial charge is 0.293 e. The number of nitrogens with zero attached hydrogens (tertiary/aromatic N) is 3. The van der Waals surface area contributed by atoms with Crippen LogP contribution in [0.3, 0.4) is 0 Å². The molecule has 0 aromatic carbocycles. The Kier molecular flexibility index (Phi) is 4.26. The van der Waals surface area contributed by atoms with Gasteiger partial charge in [-0.25, -0.2) is 4.98 Å². The highest BCUT2D eigenvalue weighted by Gasteiger charge is 2.23. The van der Waals surface area contributed by atoms with E-state index in [4.69, 9.17) is 0 Å². The Balaban J connectivity index is 2.81. The number of aromatic amines is 1. The molecule has 0 bridgehead atoms. The second-order valence-electron chi connectivity index (χ2n) is 5.10. The topological polar surface area (TPSA) is 61.9 Å². The number of carbonyl (C=O) groups excluding carboxylic acids is 1. The molecule has 0 aliphatic rings. The normalized spacial score (nSPS) is 13.2. The third kappa shape index (κ3) is 3.05. The van der Waals surface area contributed by atoms with Crippen molar-refractivity contribution in [3.05, 3.63) is 11.6 Å². The average molecular weight is 238 g/mol. The lowest BCUT2D eigenvalue weighted by Gasteiger charge is -2.26. The van der Waals surface area contributed by atoms with Crippen LogP contribution in [0.5, 0.6) is 0 Å². The molecule has 0 aliphatic heterocycles. The highest BCUT2D eigenvalue weighted by atomic mass is 16.2. The zero-order chi connectivity index (χ0) is 13.2. The first kappa shape index (κ1) is 13.7. The standard InChI is InChI=1S/C12H22N4O/c1-7(2)9(5)16(6)12(17)11-13-10(8(3)4)14-15-11/h7-9H,1-6H3,(H,13,14,15). The molecule has 96 valence electrons. The summed E-state index contributed by atoms with van der Waals surface area (Å²) in [7, 11) is 1.79. The van der Waals surface area contributed by atoms with Gasteiger partial charge < -0.3 is 4.90 Å². The number of carbonyl (C=O) groups is 1. The maximum atomic E-state index is 12.1. The minimum Gasteiger partial charge on any atom is -0.336 e. The molecular weight excluding hydrogens is 216 g/mol. The zero-order valence-electron chi connectivity index (χ0n) is 11.5. The van der Waals surface area contributed by atoms with Gasteiger partial charge in [-0.05, 0) is 12.8 Å². The first-order chi connectivity index (χ1) is 7.84. The molecule has 0 saturated carbocycles. The molecule has 0 fully saturated rings. The van der Waals surface area contributed by atoms with E-state index in [1.807, 2.05) is 20.8 Å². The Bertz CT molecular complexity index is 384. The molecule has 1 heterocycles. The van der Waals surface area contributed by atoms with E-state index < -0.39 is 0 Å². The van der Waals surface area contributed by atoms with Crippen LogP contribution in [-0.2, 0) is 0 Å². The lowest BCUT2D eigenvalue weighted by Crippen LogP contribution is -2.38. The van der Waals surface area contributed by atoms with Crippen molar-refractivity contribution in [2.75, 3.05) is 7.05 Å². The van der Waals surface area contributed by atoms with E-state index in [0.717, 1.165) is 5.82 Å². The number of nitrogens with one attached hydrogen (secondary N) is 1. The van der Waals surface area contributed by atoms with Crippen molar-refractivity contribution < 1.29 is 4.79 Å². The number of aromatic nitrogens is 3. The summed E-state index contributed by atoms with van der Waals surface area (Å²) in [6.45, 7) is 10.2. The van der Waals surface area contributed by atoms with Crippen molar-refractivity contribution >= 4 is 5.91 Å². The molecule has 0 aliphatic carbocycles. The maximum Gasteiger partial charge on any atom is 0.293 e. The quantitative estimate of drug-likeness (QED) is 0.873. The van der Waals surface area contributed by atoms with Gasteiger partial charge in [0.1, 0.15) is 5.82 Å². The predicted molar refractivity (Wildman–Crippen MR) is 66.9 cm³/mol. The van der Waals surface area contributed by atoms with Gasteiger partial charge >= 0.3 is 0 Å². The molecule has 1 rings (SSSR count). The fraction of sp³-hybridized carbons (Fsp3) is 0.750. The molecule has 1 atom stereocenters. The second-order valence-corrected chi connectivity index (χ2v) is 5.10. The van der Waals surface area contributed by atoms with Gasteiger partial charge in [0, 0.05) is 19.0 Å². The van der Waals surface area contributed by atoms with Gasteiger partial charge in [0.2, 0.25) is 5.82 Å². The van der Waals surface area contributed by atoms with Gasteiger partial charge in [-0.2, -0.15) is 0 Å². The Labute approximate surface area is 103 Å². The van der Waals surface area contributed by atoms with E-state index in [0.29, 0.717) is 5.92 Å². The molecule has 5 heteroatoms. The summed E-state index contributed by atoms with van der Waals surface area (Å²) < 4.78 is 0. The molecule has 0 saturated heterocycles. The van der Waals surface area contributed by atoms with Crippen molar-refractivity contribution in [1.82, 2.24) is 20.1 Å². The molecule has 1 aromatic heterocycles. The fourth-order valence-electron chi connectivity index (χ4n) is 1.42. The molecular formula is C12H22N4O. The van der Waals surface area contributed by atoms with Gasteiger partial charge in [-0.1, -0.05) is 27.7 Å². The number of rotatable bonds is 4. The third-order valence-corrected chi connectivity index (χ3v) is 3.14. The minimum absolute atomic E-state index is 0.130. The SMILES string of the molecule is CC(C)c1nc(C(=O)N(C)C(C)C(C)C)n[nH]1. The highest BCUT2D eigenvalue weighted by molar-refractivity contribution is 5.90. The Morgan fingerprint density at radius 2 is 1.82 bits per heavy atom. The minimum atomic E-state index is -0.130. The van der Waals surface area contributed by atoms with E-state index in [-0.39, 0.29) is 23.7 Å². The zero-order valence-corrected chi connectivity index (χ0v) is 11.5. The molecule has 0 radical (unpaired) electrons. The van der Waals surface area contributed by atoms with Gasteiger partial charge in [-0.3, -0.25) is 9.89 Å². The van der Waals surface area contributed by atoms with E-state index in [1.54, 1.807) is 11.9 Å². The molecule has 1 amide bonds. The predicted octanol–water partition coefficient (Wildman–Crippen LogP) is 2.04. The molecule has 5 nitrogen and oxygen atoms in total. The Morgan fingerprint density at radius 3 is 2.24 bits per heavy atom. The van der Waals surface area contributed by atoms with Crippen LogP contribution in [0, 0.1) is 5.92 Å². The summed E-state index contributed by atoms with van der Waals surface area (Å²) in [6, 6.07) is 0.170. The van der Waals surface area contributed by atoms with Crippen LogP contribution in [0.15, 0.2) is 0 Å². The number of hydrogen-bond acceptors (Lipinski definition) is 3. The summed E-state index contributed by atoms with van der Waals surface area (Å²) in [6.07, 6.45) is 0. The van der Waals surface area contributed by atoms with Crippen LogP contribution in [0.1, 0.15) is 57.0 Å². The van der Waals surface area contributed by atoms with Crippen molar-refractivity contribution in [3.8, 4) is 0 Å². The first-order valence-electron chi connectivity index (χ1n) is 6.04. The summed E-state index contributed by atoms with van der Waals surface area (Å²) in [4.78, 5) is 18.0. The number of H-pyrrole nitrogens is 1. The molecule has 17 heavy (non-hydrogen) atoms. The van der Waals surface area contributed by atoms with Crippen molar-refractivity contribution in [2.45, 2.75) is 46.6 Å². The van der Waals surface area contributed by atoms with E-state index in [9.17, 15) is 4.79 Å². The largest absolute Gasteiger partial charge is 0.336 e. The summed E-state index contributed by atoms with van der Waals surface area (Å²) in [5, 5.41) is 6.77. The van der Waals surface area contributed by atoms with Crippen LogP contribution in [-0.4, -0.2) is 39.1 Å². The lowest BCUT2D eigenvalue weighted by molar-refractivity contribution is 0.0695. The van der Waals surface area contributed by atoms with Crippen molar-refractivity contribution in [1.29, 1.82) is 0 Å². The first-order valence-corrected chi connectivity index (χ1v) is 6.04. The summed E-state index contributed by atoms with van der Waals surface area (Å²) in [5.41, 5.74) is 0. The Hall–Kier alpha value is -1.39. The molecule has 1 unspecified atom stereocenters. The lowest BCUT2D eigenvalue weighted by atomic mass is 10.1. The van der Waals surface area contributed by atoms with E-state index in [2.05, 4.69) is 29.0 Å². The monoisotopic (exact) mass is 238 g/mol. The Morgan fingerprint density at radius 1 is 1.24 bits per heavy atom. The number of hydrogen-bond donors (Lipinski definition) is 1. The highest BCUT2D eigenvalue weighted by Crippen LogP contribution is 2.12. The summed E-state index contributed by atoms with van der Waals surface area (Å²) in [5.74, 6) is 1.53. The van der Waals surface area contributed by atoms with Crippen molar-refractivity contribution in [3.63, 3.8) is 0 Å². The van der Waals surface area contributed by atoms with Gasteiger partial charge in [0.25, 0.3) is 5.91 Å². The van der Waals surface area contributed by atoms with Gasteiger partial charge in [-0.15, -0.1) is 5.10 Å². The van der Waals surface area contributed by atoms with Crippen LogP contribution in [0.2, 0.25) is 0 Å². The van der Waals surface area contributed by atoms with Crippen LogP contribution in [0.25, 0.3) is 0 Å². The maximum absolute atomic E-state index is 12.1. The van der Waals surface area contributed by atoms with Gasteiger partial charge in [0.15, 0.2) is 0 Å². The second kappa shape index (κ2) is 5.29. The van der Waals surface area contributed by atoms with Crippen LogP contribution >= 0.6 is 0 Å². The fourth-order valence-corrected chi connectivity index (χ4v) is 1.42. The van der Waals surface area contributed by atoms with E-state index in [1.165, 1.54) is 0 Å².